The molecule has 3 rings (SSSR count). The van der Waals surface area contributed by atoms with E-state index in [0.29, 0.717) is 16.4 Å². The Hall–Kier alpha value is -2.01. The number of rotatable bonds is 2. The van der Waals surface area contributed by atoms with Gasteiger partial charge in [0, 0.05) is 11.3 Å². The van der Waals surface area contributed by atoms with E-state index in [4.69, 9.17) is 5.11 Å². The van der Waals surface area contributed by atoms with Gasteiger partial charge in [-0.1, -0.05) is 24.3 Å². The van der Waals surface area contributed by atoms with Gasteiger partial charge in [-0.2, -0.15) is 0 Å². The molecule has 0 bridgehead atoms. The molecule has 1 aliphatic heterocycles. The molecule has 4 nitrogen and oxygen atoms in total. The van der Waals surface area contributed by atoms with Crippen molar-refractivity contribution in [1.82, 2.24) is 0 Å². The molecule has 0 radical (unpaired) electrons. The largest absolute Gasteiger partial charge is 0.507 e. The van der Waals surface area contributed by atoms with Crippen molar-refractivity contribution in [3.63, 3.8) is 0 Å². The van der Waals surface area contributed by atoms with E-state index in [0.717, 1.165) is 10.8 Å². The van der Waals surface area contributed by atoms with Crippen LogP contribution in [-0.4, -0.2) is 33.0 Å². The van der Waals surface area contributed by atoms with E-state index in [9.17, 15) is 9.90 Å². The van der Waals surface area contributed by atoms with Gasteiger partial charge >= 0.3 is 5.97 Å². The van der Waals surface area contributed by atoms with Crippen LogP contribution in [-0.2, 0) is 4.79 Å². The molecule has 1 aliphatic rings. The summed E-state index contributed by atoms with van der Waals surface area (Å²) in [7, 11) is 0. The number of carbonyl (C=O) groups is 1. The first-order valence-corrected chi connectivity index (χ1v) is 6.79. The van der Waals surface area contributed by atoms with Crippen molar-refractivity contribution in [2.24, 2.45) is 4.99 Å². The molecule has 2 aromatic carbocycles. The Morgan fingerprint density at radius 3 is 2.58 bits per heavy atom. The highest BCUT2D eigenvalue weighted by Gasteiger charge is 2.26. The smallest absolute Gasteiger partial charge is 0.329 e. The van der Waals surface area contributed by atoms with Crippen LogP contribution in [0.3, 0.4) is 0 Å². The van der Waals surface area contributed by atoms with Crippen molar-refractivity contribution >= 4 is 33.5 Å². The Morgan fingerprint density at radius 2 is 1.95 bits per heavy atom. The van der Waals surface area contributed by atoms with Gasteiger partial charge in [-0.3, -0.25) is 4.99 Å². The second-order valence-corrected chi connectivity index (χ2v) is 5.32. The third-order valence-electron chi connectivity index (χ3n) is 3.03. The molecule has 1 atom stereocenters. The first kappa shape index (κ1) is 12.0. The van der Waals surface area contributed by atoms with Crippen molar-refractivity contribution in [1.29, 1.82) is 0 Å². The normalized spacial score (nSPS) is 18.5. The van der Waals surface area contributed by atoms with E-state index in [-0.39, 0.29) is 5.75 Å². The Bertz CT molecular complexity index is 696. The molecule has 0 aliphatic carbocycles. The first-order chi connectivity index (χ1) is 9.15. The van der Waals surface area contributed by atoms with Crippen LogP contribution < -0.4 is 0 Å². The minimum Gasteiger partial charge on any atom is -0.507 e. The van der Waals surface area contributed by atoms with E-state index >= 15 is 0 Å². The number of aromatic hydroxyl groups is 1. The van der Waals surface area contributed by atoms with Crippen LogP contribution in [0.1, 0.15) is 5.56 Å². The minimum absolute atomic E-state index is 0.135. The second-order valence-electron chi connectivity index (χ2n) is 4.32. The number of aliphatic carboxylic acids is 1. The fourth-order valence-corrected chi connectivity index (χ4v) is 3.10. The number of aliphatic imine (C=N–C) groups is 1. The SMILES string of the molecule is O=C(O)[C@@H]1CSC(c2cc3ccccc3cc2O)=N1. The minimum atomic E-state index is -0.928. The summed E-state index contributed by atoms with van der Waals surface area (Å²) in [5.74, 6) is -0.379. The summed E-state index contributed by atoms with van der Waals surface area (Å²) in [6.45, 7) is 0. The van der Waals surface area contributed by atoms with E-state index in [1.54, 1.807) is 6.07 Å². The Labute approximate surface area is 113 Å². The monoisotopic (exact) mass is 273 g/mol. The zero-order valence-electron chi connectivity index (χ0n) is 9.91. The van der Waals surface area contributed by atoms with Crippen LogP contribution in [0.15, 0.2) is 41.4 Å². The van der Waals surface area contributed by atoms with Crippen LogP contribution in [0.25, 0.3) is 10.8 Å². The van der Waals surface area contributed by atoms with Gasteiger partial charge in [-0.05, 0) is 22.9 Å². The predicted octanol–water partition coefficient (Wildman–Crippen LogP) is 2.49. The molecule has 0 unspecified atom stereocenters. The van der Waals surface area contributed by atoms with Crippen LogP contribution >= 0.6 is 11.8 Å². The zero-order valence-corrected chi connectivity index (χ0v) is 10.7. The summed E-state index contributed by atoms with van der Waals surface area (Å²) in [6.07, 6.45) is 0. The fraction of sp³-hybridized carbons (Fsp3) is 0.143. The van der Waals surface area contributed by atoms with Crippen molar-refractivity contribution in [2.75, 3.05) is 5.75 Å². The van der Waals surface area contributed by atoms with Crippen LogP contribution in [0.5, 0.6) is 5.75 Å². The molecule has 0 saturated carbocycles. The number of hydrogen-bond donors (Lipinski definition) is 2. The second kappa shape index (κ2) is 4.59. The molecule has 19 heavy (non-hydrogen) atoms. The third kappa shape index (κ3) is 2.17. The number of hydrogen-bond acceptors (Lipinski definition) is 4. The maximum absolute atomic E-state index is 10.9. The van der Waals surface area contributed by atoms with Gasteiger partial charge in [0.25, 0.3) is 0 Å². The molecule has 0 fully saturated rings. The van der Waals surface area contributed by atoms with Gasteiger partial charge in [0.1, 0.15) is 10.8 Å². The summed E-state index contributed by atoms with van der Waals surface area (Å²) in [5.41, 5.74) is 0.604. The van der Waals surface area contributed by atoms with Crippen molar-refractivity contribution in [3.8, 4) is 5.75 Å². The van der Waals surface area contributed by atoms with Gasteiger partial charge < -0.3 is 10.2 Å². The lowest BCUT2D eigenvalue weighted by molar-refractivity contribution is -0.137. The summed E-state index contributed by atoms with van der Waals surface area (Å²) < 4.78 is 0. The molecule has 0 saturated heterocycles. The molecule has 96 valence electrons. The summed E-state index contributed by atoms with van der Waals surface area (Å²) in [4.78, 5) is 15.0. The lowest BCUT2D eigenvalue weighted by atomic mass is 10.1. The van der Waals surface area contributed by atoms with Crippen molar-refractivity contribution < 1.29 is 15.0 Å². The van der Waals surface area contributed by atoms with Crippen molar-refractivity contribution in [2.45, 2.75) is 6.04 Å². The lowest BCUT2D eigenvalue weighted by Crippen LogP contribution is -2.17. The molecule has 2 aromatic rings. The molecular weight excluding hydrogens is 262 g/mol. The molecule has 0 amide bonds. The molecule has 0 aromatic heterocycles. The number of phenols is 1. The number of carboxylic acids is 1. The highest BCUT2D eigenvalue weighted by atomic mass is 32.2. The highest BCUT2D eigenvalue weighted by molar-refractivity contribution is 8.14. The number of nitrogens with zero attached hydrogens (tertiary/aromatic N) is 1. The topological polar surface area (TPSA) is 69.9 Å². The number of phenolic OH excluding ortho intramolecular Hbond substituents is 1. The van der Waals surface area contributed by atoms with Crippen LogP contribution in [0.2, 0.25) is 0 Å². The highest BCUT2D eigenvalue weighted by Crippen LogP contribution is 2.32. The lowest BCUT2D eigenvalue weighted by Gasteiger charge is -2.06. The van der Waals surface area contributed by atoms with Gasteiger partial charge in [-0.25, -0.2) is 4.79 Å². The zero-order chi connectivity index (χ0) is 13.4. The van der Waals surface area contributed by atoms with Crippen LogP contribution in [0, 0.1) is 0 Å². The quantitative estimate of drug-likeness (QED) is 0.882. The number of fused-ring (bicyclic) bond motifs is 1. The van der Waals surface area contributed by atoms with Gasteiger partial charge in [0.15, 0.2) is 6.04 Å². The molecule has 1 heterocycles. The van der Waals surface area contributed by atoms with E-state index in [1.165, 1.54) is 11.8 Å². The van der Waals surface area contributed by atoms with Gasteiger partial charge in [0.2, 0.25) is 0 Å². The summed E-state index contributed by atoms with van der Waals surface area (Å²) in [5, 5.41) is 21.5. The third-order valence-corrected chi connectivity index (χ3v) is 4.11. The van der Waals surface area contributed by atoms with Crippen molar-refractivity contribution in [3.05, 3.63) is 42.0 Å². The predicted molar refractivity (Wildman–Crippen MR) is 76.0 cm³/mol. The number of benzene rings is 2. The molecule has 5 heteroatoms. The summed E-state index contributed by atoms with van der Waals surface area (Å²) in [6, 6.07) is 10.5. The average Bonchev–Trinajstić information content (AvgIpc) is 2.87. The Morgan fingerprint density at radius 1 is 1.26 bits per heavy atom. The fourth-order valence-electron chi connectivity index (χ4n) is 2.05. The van der Waals surface area contributed by atoms with E-state index in [2.05, 4.69) is 4.99 Å². The molecule has 0 spiro atoms. The first-order valence-electron chi connectivity index (χ1n) is 5.80. The Kier molecular flexibility index (Phi) is 2.91. The Balaban J connectivity index is 2.08. The molecule has 2 N–H and O–H groups in total. The average molecular weight is 273 g/mol. The number of carboxylic acid groups (broad SMARTS) is 1. The number of thioether (sulfide) groups is 1. The maximum atomic E-state index is 10.9. The summed E-state index contributed by atoms with van der Waals surface area (Å²) >= 11 is 1.36. The van der Waals surface area contributed by atoms with E-state index in [1.807, 2.05) is 30.3 Å². The van der Waals surface area contributed by atoms with Gasteiger partial charge in [-0.15, -0.1) is 11.8 Å². The van der Waals surface area contributed by atoms with E-state index < -0.39 is 12.0 Å². The van der Waals surface area contributed by atoms with Gasteiger partial charge in [0.05, 0.1) is 0 Å². The van der Waals surface area contributed by atoms with Crippen LogP contribution in [0.4, 0.5) is 0 Å². The molecular formula is C14H11NO3S. The standard InChI is InChI=1S/C14H11NO3S/c16-12-6-9-4-2-1-3-8(9)5-10(12)13-15-11(7-19-13)14(17)18/h1-6,11,16H,7H2,(H,17,18)/t11-/m0/s1. The maximum Gasteiger partial charge on any atom is 0.329 e.